The van der Waals surface area contributed by atoms with Crippen molar-refractivity contribution in [2.24, 2.45) is 0 Å². The van der Waals surface area contributed by atoms with E-state index in [1.165, 1.54) is 24.4 Å². The maximum Gasteiger partial charge on any atom is 0.573 e. The number of amides is 1. The molecule has 25 heavy (non-hydrogen) atoms. The Morgan fingerprint density at radius 1 is 1.40 bits per heavy atom. The average Bonchev–Trinajstić information content (AvgIpc) is 3.01. The molecule has 0 spiro atoms. The van der Waals surface area contributed by atoms with Gasteiger partial charge in [0.1, 0.15) is 5.75 Å². The molecule has 0 saturated heterocycles. The number of carbonyl (C=O) groups excluding carboxylic acids is 1. The van der Waals surface area contributed by atoms with Gasteiger partial charge in [-0.3, -0.25) is 9.48 Å². The summed E-state index contributed by atoms with van der Waals surface area (Å²) in [6.07, 6.45) is 0.215. The molecule has 0 aliphatic heterocycles. The summed E-state index contributed by atoms with van der Waals surface area (Å²) in [5.74, 6) is -0.801. The summed E-state index contributed by atoms with van der Waals surface area (Å²) in [5, 5.41) is 10.2. The van der Waals surface area contributed by atoms with E-state index in [4.69, 9.17) is 0 Å². The number of halogens is 3. The standard InChI is InChI=1S/C16H17F3N4O2/c1-2-3-4-8-23-11-14(21-22-23)15(24)20-10-12-6-5-7-13(9-12)25-16(17,18)19/h2,5-7,9,11H,1,3-4,8,10H2,(H,20,24). The number of hydrogen-bond donors (Lipinski definition) is 1. The molecule has 0 aliphatic rings. The van der Waals surface area contributed by atoms with Crippen molar-refractivity contribution in [1.82, 2.24) is 20.3 Å². The van der Waals surface area contributed by atoms with Crippen LogP contribution in [0.4, 0.5) is 13.2 Å². The van der Waals surface area contributed by atoms with Crippen molar-refractivity contribution in [3.8, 4) is 5.75 Å². The first-order valence-electron chi connectivity index (χ1n) is 7.51. The Morgan fingerprint density at radius 3 is 2.92 bits per heavy atom. The number of aromatic nitrogens is 3. The molecule has 0 unspecified atom stereocenters. The fourth-order valence-corrected chi connectivity index (χ4v) is 2.03. The van der Waals surface area contributed by atoms with Crippen LogP contribution in [0.5, 0.6) is 5.75 Å². The number of alkyl halides is 3. The van der Waals surface area contributed by atoms with Crippen molar-refractivity contribution in [3.63, 3.8) is 0 Å². The van der Waals surface area contributed by atoms with Crippen molar-refractivity contribution < 1.29 is 22.7 Å². The average molecular weight is 354 g/mol. The predicted octanol–water partition coefficient (Wildman–Crippen LogP) is 3.07. The largest absolute Gasteiger partial charge is 0.573 e. The molecule has 0 radical (unpaired) electrons. The number of unbranched alkanes of at least 4 members (excludes halogenated alkanes) is 1. The van der Waals surface area contributed by atoms with Gasteiger partial charge in [0.25, 0.3) is 5.91 Å². The molecule has 0 bridgehead atoms. The van der Waals surface area contributed by atoms with Gasteiger partial charge >= 0.3 is 6.36 Å². The number of hydrogen-bond acceptors (Lipinski definition) is 4. The number of allylic oxidation sites excluding steroid dienone is 1. The van der Waals surface area contributed by atoms with E-state index in [0.29, 0.717) is 12.1 Å². The fraction of sp³-hybridized carbons (Fsp3) is 0.312. The molecule has 0 atom stereocenters. The molecular weight excluding hydrogens is 337 g/mol. The first-order valence-corrected chi connectivity index (χ1v) is 7.51. The van der Waals surface area contributed by atoms with E-state index in [0.717, 1.165) is 12.8 Å². The van der Waals surface area contributed by atoms with Crippen LogP contribution in [0.2, 0.25) is 0 Å². The fourth-order valence-electron chi connectivity index (χ4n) is 2.03. The van der Waals surface area contributed by atoms with Gasteiger partial charge in [-0.1, -0.05) is 23.4 Å². The minimum atomic E-state index is -4.76. The highest BCUT2D eigenvalue weighted by atomic mass is 19.4. The molecule has 1 amide bonds. The molecule has 1 heterocycles. The SMILES string of the molecule is C=CCCCn1cc(C(=O)NCc2cccc(OC(F)(F)F)c2)nn1. The highest BCUT2D eigenvalue weighted by Crippen LogP contribution is 2.23. The van der Waals surface area contributed by atoms with Crippen LogP contribution >= 0.6 is 0 Å². The van der Waals surface area contributed by atoms with E-state index in [1.54, 1.807) is 16.8 Å². The lowest BCUT2D eigenvalue weighted by atomic mass is 10.2. The summed E-state index contributed by atoms with van der Waals surface area (Å²) in [6, 6.07) is 5.39. The van der Waals surface area contributed by atoms with Crippen molar-refractivity contribution in [2.45, 2.75) is 32.3 Å². The van der Waals surface area contributed by atoms with Gasteiger partial charge in [-0.05, 0) is 30.5 Å². The second kappa shape index (κ2) is 8.32. The highest BCUT2D eigenvalue weighted by molar-refractivity contribution is 5.91. The van der Waals surface area contributed by atoms with E-state index in [9.17, 15) is 18.0 Å². The van der Waals surface area contributed by atoms with Crippen molar-refractivity contribution in [1.29, 1.82) is 0 Å². The number of rotatable bonds is 8. The summed E-state index contributed by atoms with van der Waals surface area (Å²) < 4.78 is 42.0. The summed E-state index contributed by atoms with van der Waals surface area (Å²) in [5.41, 5.74) is 0.606. The lowest BCUT2D eigenvalue weighted by molar-refractivity contribution is -0.274. The first kappa shape index (κ1) is 18.5. The van der Waals surface area contributed by atoms with Crippen LogP contribution in [0.3, 0.4) is 0 Å². The lowest BCUT2D eigenvalue weighted by Crippen LogP contribution is -2.23. The van der Waals surface area contributed by atoms with Crippen molar-refractivity contribution in [2.75, 3.05) is 0 Å². The van der Waals surface area contributed by atoms with Gasteiger partial charge in [0, 0.05) is 13.1 Å². The van der Waals surface area contributed by atoms with E-state index >= 15 is 0 Å². The highest BCUT2D eigenvalue weighted by Gasteiger charge is 2.31. The molecule has 134 valence electrons. The van der Waals surface area contributed by atoms with Gasteiger partial charge < -0.3 is 10.1 Å². The van der Waals surface area contributed by atoms with Crippen LogP contribution in [-0.4, -0.2) is 27.3 Å². The smallest absolute Gasteiger partial charge is 0.406 e. The molecule has 9 heteroatoms. The van der Waals surface area contributed by atoms with Gasteiger partial charge in [0.2, 0.25) is 0 Å². The molecule has 6 nitrogen and oxygen atoms in total. The molecule has 1 aromatic heterocycles. The summed E-state index contributed by atoms with van der Waals surface area (Å²) in [4.78, 5) is 12.0. The summed E-state index contributed by atoms with van der Waals surface area (Å²) in [7, 11) is 0. The Bertz CT molecular complexity index is 728. The first-order chi connectivity index (χ1) is 11.9. The maximum atomic E-state index is 12.2. The third-order valence-electron chi connectivity index (χ3n) is 3.15. The monoisotopic (exact) mass is 354 g/mol. The number of aryl methyl sites for hydroxylation is 1. The van der Waals surface area contributed by atoms with Gasteiger partial charge in [-0.2, -0.15) is 0 Å². The molecule has 1 aromatic carbocycles. The Morgan fingerprint density at radius 2 is 2.20 bits per heavy atom. The van der Waals surface area contributed by atoms with Crippen LogP contribution in [0.1, 0.15) is 28.9 Å². The third kappa shape index (κ3) is 6.28. The second-order valence-electron chi connectivity index (χ2n) is 5.18. The second-order valence-corrected chi connectivity index (χ2v) is 5.18. The van der Waals surface area contributed by atoms with Crippen molar-refractivity contribution >= 4 is 5.91 Å². The molecule has 2 aromatic rings. The third-order valence-corrected chi connectivity index (χ3v) is 3.15. The number of ether oxygens (including phenoxy) is 1. The minimum absolute atomic E-state index is 0.0389. The van der Waals surface area contributed by atoms with E-state index < -0.39 is 12.3 Å². The van der Waals surface area contributed by atoms with E-state index in [-0.39, 0.29) is 18.0 Å². The number of nitrogens with one attached hydrogen (secondary N) is 1. The quantitative estimate of drug-likeness (QED) is 0.584. The predicted molar refractivity (Wildman–Crippen MR) is 83.7 cm³/mol. The molecule has 0 saturated carbocycles. The van der Waals surface area contributed by atoms with Crippen LogP contribution < -0.4 is 10.1 Å². The van der Waals surface area contributed by atoms with Crippen LogP contribution in [-0.2, 0) is 13.1 Å². The normalized spacial score (nSPS) is 11.2. The summed E-state index contributed by atoms with van der Waals surface area (Å²) in [6.45, 7) is 4.28. The van der Waals surface area contributed by atoms with Crippen molar-refractivity contribution in [3.05, 3.63) is 54.4 Å². The molecule has 2 rings (SSSR count). The van der Waals surface area contributed by atoms with E-state index in [1.807, 2.05) is 0 Å². The zero-order valence-corrected chi connectivity index (χ0v) is 13.3. The molecule has 0 fully saturated rings. The lowest BCUT2D eigenvalue weighted by Gasteiger charge is -2.10. The minimum Gasteiger partial charge on any atom is -0.406 e. The number of nitrogens with zero attached hydrogens (tertiary/aromatic N) is 3. The Balaban J connectivity index is 1.89. The number of carbonyl (C=O) groups is 1. The number of benzene rings is 1. The van der Waals surface area contributed by atoms with Crippen LogP contribution in [0.15, 0.2) is 43.1 Å². The topological polar surface area (TPSA) is 69.0 Å². The Hall–Kier alpha value is -2.84. The molecular formula is C16H17F3N4O2. The van der Waals surface area contributed by atoms with Gasteiger partial charge in [-0.15, -0.1) is 24.8 Å². The van der Waals surface area contributed by atoms with Gasteiger partial charge in [0.15, 0.2) is 5.69 Å². The Labute approximate surface area is 142 Å². The molecule has 0 aliphatic carbocycles. The summed E-state index contributed by atoms with van der Waals surface area (Å²) >= 11 is 0. The van der Waals surface area contributed by atoms with Crippen LogP contribution in [0, 0.1) is 0 Å². The maximum absolute atomic E-state index is 12.2. The Kier molecular flexibility index (Phi) is 6.15. The van der Waals surface area contributed by atoms with Gasteiger partial charge in [-0.25, -0.2) is 0 Å². The molecule has 1 N–H and O–H groups in total. The zero-order valence-electron chi connectivity index (χ0n) is 13.3. The van der Waals surface area contributed by atoms with Gasteiger partial charge in [0.05, 0.1) is 6.20 Å². The van der Waals surface area contributed by atoms with E-state index in [2.05, 4.69) is 26.9 Å². The zero-order chi connectivity index (χ0) is 18.3. The van der Waals surface area contributed by atoms with Crippen LogP contribution in [0.25, 0.3) is 0 Å².